The van der Waals surface area contributed by atoms with E-state index >= 15 is 0 Å². The quantitative estimate of drug-likeness (QED) is 0.811. The number of aryl methyl sites for hydroxylation is 1. The van der Waals surface area contributed by atoms with Crippen molar-refractivity contribution in [2.24, 2.45) is 0 Å². The van der Waals surface area contributed by atoms with Gasteiger partial charge >= 0.3 is 0 Å². The van der Waals surface area contributed by atoms with Crippen molar-refractivity contribution in [2.75, 3.05) is 0 Å². The fourth-order valence-corrected chi connectivity index (χ4v) is 2.19. The van der Waals surface area contributed by atoms with E-state index in [9.17, 15) is 4.79 Å². The molecule has 4 heteroatoms. The Hall–Kier alpha value is -1.55. The van der Waals surface area contributed by atoms with Gasteiger partial charge in [0.2, 0.25) is 0 Å². The van der Waals surface area contributed by atoms with E-state index in [2.05, 4.69) is 16.7 Å². The molecule has 1 aliphatic carbocycles. The minimum absolute atomic E-state index is 0.0747. The lowest BCUT2D eigenvalue weighted by molar-refractivity contribution is -0.127. The van der Waals surface area contributed by atoms with Gasteiger partial charge in [-0.05, 0) is 46.1 Å². The summed E-state index contributed by atoms with van der Waals surface area (Å²) in [5.41, 5.74) is 2.18. The Kier molecular flexibility index (Phi) is 5.23. The van der Waals surface area contributed by atoms with Crippen LogP contribution in [0.5, 0.6) is 5.75 Å². The van der Waals surface area contributed by atoms with Gasteiger partial charge < -0.3 is 15.4 Å². The topological polar surface area (TPSA) is 50.4 Å². The van der Waals surface area contributed by atoms with Gasteiger partial charge in [-0.1, -0.05) is 18.2 Å². The summed E-state index contributed by atoms with van der Waals surface area (Å²) in [7, 11) is 0. The van der Waals surface area contributed by atoms with E-state index in [0.29, 0.717) is 6.04 Å². The Bertz CT molecular complexity index is 496. The number of hydrogen-bond acceptors (Lipinski definition) is 3. The number of rotatable bonds is 7. The van der Waals surface area contributed by atoms with E-state index in [1.54, 1.807) is 6.92 Å². The van der Waals surface area contributed by atoms with Crippen LogP contribution in [0.15, 0.2) is 18.2 Å². The first-order valence-corrected chi connectivity index (χ1v) is 7.76. The molecule has 1 aliphatic rings. The predicted octanol–water partition coefficient (Wildman–Crippen LogP) is 2.54. The Morgan fingerprint density at radius 2 is 2.05 bits per heavy atom. The summed E-state index contributed by atoms with van der Waals surface area (Å²) >= 11 is 0. The maximum absolute atomic E-state index is 12.0. The molecule has 116 valence electrons. The zero-order valence-electron chi connectivity index (χ0n) is 13.4. The first-order valence-electron chi connectivity index (χ1n) is 7.76. The molecule has 0 radical (unpaired) electrons. The molecular weight excluding hydrogens is 264 g/mol. The lowest BCUT2D eigenvalue weighted by Crippen LogP contribution is -2.40. The highest BCUT2D eigenvalue weighted by molar-refractivity contribution is 5.81. The Balaban J connectivity index is 2.04. The van der Waals surface area contributed by atoms with Crippen LogP contribution in [-0.4, -0.2) is 24.1 Å². The first kappa shape index (κ1) is 15.8. The van der Waals surface area contributed by atoms with Gasteiger partial charge in [-0.2, -0.15) is 0 Å². The zero-order chi connectivity index (χ0) is 15.4. The molecule has 2 rings (SSSR count). The normalized spacial score (nSPS) is 15.9. The van der Waals surface area contributed by atoms with Crippen LogP contribution in [0.2, 0.25) is 0 Å². The lowest BCUT2D eigenvalue weighted by atomic mass is 10.1. The molecule has 2 N–H and O–H groups in total. The molecule has 0 bridgehead atoms. The van der Waals surface area contributed by atoms with Crippen LogP contribution in [0.4, 0.5) is 0 Å². The highest BCUT2D eigenvalue weighted by atomic mass is 16.5. The van der Waals surface area contributed by atoms with Gasteiger partial charge in [-0.3, -0.25) is 4.79 Å². The van der Waals surface area contributed by atoms with Crippen molar-refractivity contribution in [1.29, 1.82) is 0 Å². The minimum Gasteiger partial charge on any atom is -0.480 e. The molecule has 1 amide bonds. The second-order valence-electron chi connectivity index (χ2n) is 6.14. The van der Waals surface area contributed by atoms with E-state index in [1.165, 1.54) is 12.8 Å². The van der Waals surface area contributed by atoms with Crippen LogP contribution in [-0.2, 0) is 11.3 Å². The van der Waals surface area contributed by atoms with Gasteiger partial charge in [0.1, 0.15) is 5.75 Å². The number of nitrogens with one attached hydrogen (secondary N) is 2. The summed E-state index contributed by atoms with van der Waals surface area (Å²) < 4.78 is 5.94. The predicted molar refractivity (Wildman–Crippen MR) is 84.4 cm³/mol. The SMILES string of the molecule is Cc1cccc(CNC2CC2)c1OC(C)C(=O)NC(C)C. The maximum atomic E-state index is 12.0. The van der Waals surface area contributed by atoms with Gasteiger partial charge in [-0.15, -0.1) is 0 Å². The van der Waals surface area contributed by atoms with E-state index in [0.717, 1.165) is 23.4 Å². The molecule has 4 nitrogen and oxygen atoms in total. The van der Waals surface area contributed by atoms with Crippen LogP contribution in [0.25, 0.3) is 0 Å². The van der Waals surface area contributed by atoms with Gasteiger partial charge in [0.25, 0.3) is 5.91 Å². The van der Waals surface area contributed by atoms with Crippen LogP contribution < -0.4 is 15.4 Å². The Morgan fingerprint density at radius 1 is 1.33 bits per heavy atom. The molecule has 1 fully saturated rings. The lowest BCUT2D eigenvalue weighted by Gasteiger charge is -2.20. The first-order chi connectivity index (χ1) is 9.97. The van der Waals surface area contributed by atoms with E-state index < -0.39 is 6.10 Å². The van der Waals surface area contributed by atoms with E-state index in [-0.39, 0.29) is 11.9 Å². The standard InChI is InChI=1S/C17H26N2O2/c1-11(2)19-17(20)13(4)21-16-12(3)6-5-7-14(16)10-18-15-8-9-15/h5-7,11,13,15,18H,8-10H2,1-4H3,(H,19,20). The summed E-state index contributed by atoms with van der Waals surface area (Å²) in [6, 6.07) is 6.88. The molecule has 1 unspecified atom stereocenters. The van der Waals surface area contributed by atoms with Crippen molar-refractivity contribution in [3.8, 4) is 5.75 Å². The number of carbonyl (C=O) groups excluding carboxylic acids is 1. The number of para-hydroxylation sites is 1. The Labute approximate surface area is 127 Å². The van der Waals surface area contributed by atoms with Gasteiger partial charge in [0.05, 0.1) is 0 Å². The van der Waals surface area contributed by atoms with Crippen LogP contribution >= 0.6 is 0 Å². The van der Waals surface area contributed by atoms with Crippen molar-refractivity contribution < 1.29 is 9.53 Å². The molecular formula is C17H26N2O2. The molecule has 0 aromatic heterocycles. The fourth-order valence-electron chi connectivity index (χ4n) is 2.19. The monoisotopic (exact) mass is 290 g/mol. The van der Waals surface area contributed by atoms with Crippen molar-refractivity contribution in [3.63, 3.8) is 0 Å². The van der Waals surface area contributed by atoms with E-state index in [4.69, 9.17) is 4.74 Å². The smallest absolute Gasteiger partial charge is 0.260 e. The van der Waals surface area contributed by atoms with Crippen LogP contribution in [0, 0.1) is 6.92 Å². The minimum atomic E-state index is -0.492. The van der Waals surface area contributed by atoms with Gasteiger partial charge in [0, 0.05) is 24.2 Å². The molecule has 0 spiro atoms. The summed E-state index contributed by atoms with van der Waals surface area (Å²) in [4.78, 5) is 12.0. The second-order valence-corrected chi connectivity index (χ2v) is 6.14. The number of benzene rings is 1. The van der Waals surface area contributed by atoms with Crippen molar-refractivity contribution in [3.05, 3.63) is 29.3 Å². The summed E-state index contributed by atoms with van der Waals surface area (Å²) in [5.74, 6) is 0.756. The summed E-state index contributed by atoms with van der Waals surface area (Å²) in [6.07, 6.45) is 2.03. The van der Waals surface area contributed by atoms with Crippen molar-refractivity contribution in [2.45, 2.75) is 65.3 Å². The zero-order valence-corrected chi connectivity index (χ0v) is 13.4. The molecule has 1 aromatic carbocycles. The average molecular weight is 290 g/mol. The third kappa shape index (κ3) is 4.74. The fraction of sp³-hybridized carbons (Fsp3) is 0.588. The summed E-state index contributed by atoms with van der Waals surface area (Å²) in [5, 5.41) is 6.38. The molecule has 0 heterocycles. The van der Waals surface area contributed by atoms with Gasteiger partial charge in [-0.25, -0.2) is 0 Å². The van der Waals surface area contributed by atoms with E-state index in [1.807, 2.05) is 32.9 Å². The molecule has 1 saturated carbocycles. The van der Waals surface area contributed by atoms with Crippen LogP contribution in [0.3, 0.4) is 0 Å². The highest BCUT2D eigenvalue weighted by Gasteiger charge is 2.22. The van der Waals surface area contributed by atoms with Gasteiger partial charge in [0.15, 0.2) is 6.10 Å². The average Bonchev–Trinajstić information content (AvgIpc) is 3.22. The Morgan fingerprint density at radius 3 is 2.67 bits per heavy atom. The number of amides is 1. The van der Waals surface area contributed by atoms with Crippen LogP contribution in [0.1, 0.15) is 44.7 Å². The van der Waals surface area contributed by atoms with Crippen molar-refractivity contribution in [1.82, 2.24) is 10.6 Å². The number of ether oxygens (including phenoxy) is 1. The second kappa shape index (κ2) is 6.94. The molecule has 21 heavy (non-hydrogen) atoms. The highest BCUT2D eigenvalue weighted by Crippen LogP contribution is 2.26. The third-order valence-electron chi connectivity index (χ3n) is 3.55. The molecule has 1 atom stereocenters. The third-order valence-corrected chi connectivity index (χ3v) is 3.55. The number of carbonyl (C=O) groups is 1. The summed E-state index contributed by atoms with van der Waals surface area (Å²) in [6.45, 7) is 8.50. The molecule has 0 saturated heterocycles. The maximum Gasteiger partial charge on any atom is 0.260 e. The van der Waals surface area contributed by atoms with Crippen molar-refractivity contribution >= 4 is 5.91 Å². The largest absolute Gasteiger partial charge is 0.480 e. The molecule has 0 aliphatic heterocycles. The molecule has 1 aromatic rings. The number of hydrogen-bond donors (Lipinski definition) is 2.